The van der Waals surface area contributed by atoms with E-state index in [1.54, 1.807) is 10.7 Å². The molecule has 0 bridgehead atoms. The molecule has 1 fully saturated rings. The number of halogens is 1. The van der Waals surface area contributed by atoms with E-state index in [4.69, 9.17) is 0 Å². The van der Waals surface area contributed by atoms with Crippen molar-refractivity contribution in [3.63, 3.8) is 0 Å². The van der Waals surface area contributed by atoms with E-state index in [9.17, 15) is 9.18 Å². The zero-order valence-corrected chi connectivity index (χ0v) is 14.2. The van der Waals surface area contributed by atoms with Gasteiger partial charge in [-0.1, -0.05) is 35.5 Å². The average molecular weight is 350 g/mol. The fraction of sp³-hybridized carbons (Fsp3) is 0.250. The van der Waals surface area contributed by atoms with Gasteiger partial charge in [0.1, 0.15) is 5.82 Å². The Morgan fingerprint density at radius 1 is 1.15 bits per heavy atom. The highest BCUT2D eigenvalue weighted by atomic mass is 19.1. The van der Waals surface area contributed by atoms with Gasteiger partial charge in [-0.2, -0.15) is 0 Å². The molecule has 5 nitrogen and oxygen atoms in total. The lowest BCUT2D eigenvalue weighted by Gasteiger charge is -2.08. The van der Waals surface area contributed by atoms with Gasteiger partial charge in [-0.3, -0.25) is 4.79 Å². The highest BCUT2D eigenvalue weighted by Gasteiger charge is 2.34. The van der Waals surface area contributed by atoms with E-state index in [1.165, 1.54) is 12.1 Å². The Morgan fingerprint density at radius 3 is 2.69 bits per heavy atom. The number of para-hydroxylation sites is 1. The number of aromatic nitrogens is 3. The number of hydrogen-bond acceptors (Lipinski definition) is 3. The normalized spacial score (nSPS) is 13.6. The molecule has 1 aromatic heterocycles. The molecule has 1 aliphatic carbocycles. The van der Waals surface area contributed by atoms with Crippen LogP contribution in [-0.2, 0) is 6.42 Å². The summed E-state index contributed by atoms with van der Waals surface area (Å²) < 4.78 is 15.0. The van der Waals surface area contributed by atoms with Crippen molar-refractivity contribution in [3.05, 3.63) is 77.4 Å². The van der Waals surface area contributed by atoms with Crippen LogP contribution in [0.1, 0.15) is 40.5 Å². The number of benzene rings is 2. The average Bonchev–Trinajstić information content (AvgIpc) is 3.40. The molecule has 2 aromatic carbocycles. The number of nitrogens with one attached hydrogen (secondary N) is 1. The minimum absolute atomic E-state index is 0.231. The Balaban J connectivity index is 1.49. The first-order chi connectivity index (χ1) is 12.7. The fourth-order valence-corrected chi connectivity index (χ4v) is 3.03. The van der Waals surface area contributed by atoms with E-state index >= 15 is 0 Å². The van der Waals surface area contributed by atoms with Gasteiger partial charge in [0.25, 0.3) is 5.91 Å². The summed E-state index contributed by atoms with van der Waals surface area (Å²) in [5.74, 6) is -0.171. The van der Waals surface area contributed by atoms with Crippen molar-refractivity contribution in [2.24, 2.45) is 0 Å². The van der Waals surface area contributed by atoms with E-state index in [2.05, 4.69) is 15.6 Å². The first kappa shape index (κ1) is 16.4. The summed E-state index contributed by atoms with van der Waals surface area (Å²) in [7, 11) is 0. The van der Waals surface area contributed by atoms with Crippen molar-refractivity contribution in [2.45, 2.75) is 25.2 Å². The van der Waals surface area contributed by atoms with Crippen LogP contribution in [0.15, 0.2) is 54.6 Å². The van der Waals surface area contributed by atoms with Crippen LogP contribution in [0, 0.1) is 5.82 Å². The monoisotopic (exact) mass is 350 g/mol. The molecule has 1 saturated carbocycles. The molecule has 0 aliphatic heterocycles. The summed E-state index contributed by atoms with van der Waals surface area (Å²) in [6, 6.07) is 16.1. The first-order valence-electron chi connectivity index (χ1n) is 8.76. The fourth-order valence-electron chi connectivity index (χ4n) is 3.03. The van der Waals surface area contributed by atoms with Crippen molar-refractivity contribution in [2.75, 3.05) is 6.54 Å². The van der Waals surface area contributed by atoms with Crippen LogP contribution in [0.3, 0.4) is 0 Å². The first-order valence-corrected chi connectivity index (χ1v) is 8.76. The summed E-state index contributed by atoms with van der Waals surface area (Å²) in [4.78, 5) is 12.6. The maximum absolute atomic E-state index is 13.2. The third-order valence-electron chi connectivity index (χ3n) is 4.47. The topological polar surface area (TPSA) is 59.8 Å². The molecular weight excluding hydrogens is 331 g/mol. The lowest BCUT2D eigenvalue weighted by Crippen LogP contribution is -2.27. The Hall–Kier alpha value is -3.02. The van der Waals surface area contributed by atoms with E-state index < -0.39 is 0 Å². The molecule has 3 aromatic rings. The van der Waals surface area contributed by atoms with E-state index in [1.807, 2.05) is 36.4 Å². The van der Waals surface area contributed by atoms with Crippen LogP contribution in [0.2, 0.25) is 0 Å². The number of carbonyl (C=O) groups is 1. The van der Waals surface area contributed by atoms with Gasteiger partial charge >= 0.3 is 0 Å². The lowest BCUT2D eigenvalue weighted by atomic mass is 10.1. The molecule has 1 heterocycles. The van der Waals surface area contributed by atoms with Gasteiger partial charge in [0, 0.05) is 12.5 Å². The van der Waals surface area contributed by atoms with Crippen molar-refractivity contribution in [3.8, 4) is 5.69 Å². The standard InChI is InChI=1S/C20H19FN4O/c21-16-6-4-5-14(13-16)11-12-22-20(26)18-19(15-9-10-15)25(24-23-18)17-7-2-1-3-8-17/h1-8,13,15H,9-12H2,(H,22,26). The summed E-state index contributed by atoms with van der Waals surface area (Å²) >= 11 is 0. The largest absolute Gasteiger partial charge is 0.350 e. The smallest absolute Gasteiger partial charge is 0.273 e. The van der Waals surface area contributed by atoms with Gasteiger partial charge in [0.15, 0.2) is 5.69 Å². The summed E-state index contributed by atoms with van der Waals surface area (Å²) in [5, 5.41) is 11.2. The third kappa shape index (κ3) is 3.49. The second-order valence-corrected chi connectivity index (χ2v) is 6.48. The van der Waals surface area contributed by atoms with Crippen LogP contribution in [0.5, 0.6) is 0 Å². The molecule has 132 valence electrons. The SMILES string of the molecule is O=C(NCCc1cccc(F)c1)c1nnn(-c2ccccc2)c1C1CC1. The molecule has 0 radical (unpaired) electrons. The van der Waals surface area contributed by atoms with Crippen molar-refractivity contribution < 1.29 is 9.18 Å². The number of rotatable bonds is 6. The molecule has 1 aliphatic rings. The third-order valence-corrected chi connectivity index (χ3v) is 4.47. The van der Waals surface area contributed by atoms with Crippen molar-refractivity contribution in [1.82, 2.24) is 20.3 Å². The molecule has 26 heavy (non-hydrogen) atoms. The van der Waals surface area contributed by atoms with E-state index in [-0.39, 0.29) is 11.7 Å². The minimum atomic E-state index is -0.268. The molecule has 0 unspecified atom stereocenters. The molecule has 1 amide bonds. The summed E-state index contributed by atoms with van der Waals surface area (Å²) in [5.41, 5.74) is 3.01. The molecular formula is C20H19FN4O. The molecule has 4 rings (SSSR count). The van der Waals surface area contributed by atoms with E-state index in [0.29, 0.717) is 24.6 Å². The second kappa shape index (κ2) is 7.07. The number of amides is 1. The van der Waals surface area contributed by atoms with Gasteiger partial charge in [0.05, 0.1) is 11.4 Å². The zero-order chi connectivity index (χ0) is 17.9. The highest BCUT2D eigenvalue weighted by Crippen LogP contribution is 2.41. The van der Waals surface area contributed by atoms with E-state index in [0.717, 1.165) is 29.8 Å². The van der Waals surface area contributed by atoms with Gasteiger partial charge in [0.2, 0.25) is 0 Å². The Morgan fingerprint density at radius 2 is 1.96 bits per heavy atom. The van der Waals surface area contributed by atoms with Crippen LogP contribution < -0.4 is 5.32 Å². The molecule has 6 heteroatoms. The van der Waals surface area contributed by atoms with Crippen LogP contribution >= 0.6 is 0 Å². The lowest BCUT2D eigenvalue weighted by molar-refractivity contribution is 0.0948. The summed E-state index contributed by atoms with van der Waals surface area (Å²) in [6.45, 7) is 0.421. The van der Waals surface area contributed by atoms with Gasteiger partial charge in [-0.25, -0.2) is 9.07 Å². The molecule has 0 saturated heterocycles. The number of nitrogens with zero attached hydrogens (tertiary/aromatic N) is 3. The summed E-state index contributed by atoms with van der Waals surface area (Å²) in [6.07, 6.45) is 2.66. The quantitative estimate of drug-likeness (QED) is 0.742. The predicted octanol–water partition coefficient (Wildman–Crippen LogP) is 3.26. The maximum atomic E-state index is 13.2. The maximum Gasteiger partial charge on any atom is 0.273 e. The molecule has 1 N–H and O–H groups in total. The Bertz CT molecular complexity index is 919. The molecule has 0 atom stereocenters. The van der Waals surface area contributed by atoms with Gasteiger partial charge in [-0.05, 0) is 49.1 Å². The number of hydrogen-bond donors (Lipinski definition) is 1. The second-order valence-electron chi connectivity index (χ2n) is 6.48. The van der Waals surface area contributed by atoms with Gasteiger partial charge < -0.3 is 5.32 Å². The van der Waals surface area contributed by atoms with Gasteiger partial charge in [-0.15, -0.1) is 5.10 Å². The van der Waals surface area contributed by atoms with Crippen LogP contribution in [0.4, 0.5) is 4.39 Å². The minimum Gasteiger partial charge on any atom is -0.350 e. The van der Waals surface area contributed by atoms with Crippen molar-refractivity contribution in [1.29, 1.82) is 0 Å². The van der Waals surface area contributed by atoms with Crippen LogP contribution in [0.25, 0.3) is 5.69 Å². The Labute approximate surface area is 150 Å². The van der Waals surface area contributed by atoms with Crippen LogP contribution in [-0.4, -0.2) is 27.4 Å². The highest BCUT2D eigenvalue weighted by molar-refractivity contribution is 5.93. The predicted molar refractivity (Wildman–Crippen MR) is 95.8 cm³/mol. The zero-order valence-electron chi connectivity index (χ0n) is 14.2. The number of carbonyl (C=O) groups excluding carboxylic acids is 1. The Kier molecular flexibility index (Phi) is 4.48. The van der Waals surface area contributed by atoms with Crippen molar-refractivity contribution >= 4 is 5.91 Å². The molecule has 0 spiro atoms.